The monoisotopic (exact) mass is 219 g/mol. The Morgan fingerprint density at radius 2 is 1.73 bits per heavy atom. The number of halogens is 3. The van der Waals surface area contributed by atoms with Crippen LogP contribution in [0.25, 0.3) is 0 Å². The molecular weight excluding hydrogens is 209 g/mol. The molecule has 0 heterocycles. The minimum absolute atomic E-state index is 0.180. The molecule has 0 aliphatic carbocycles. The van der Waals surface area contributed by atoms with E-state index in [1.165, 1.54) is 24.3 Å². The zero-order valence-corrected chi connectivity index (χ0v) is 7.88. The standard InChI is InChI=1S/C10H10F3O2/c11-10(12,13)15-9-5-3-8(4-6-9)2-1-7-14/h3-6H,1-2,7H2. The molecule has 0 unspecified atom stereocenters. The van der Waals surface area contributed by atoms with Crippen LogP contribution in [0.5, 0.6) is 5.75 Å². The van der Waals surface area contributed by atoms with Crippen molar-refractivity contribution in [3.63, 3.8) is 0 Å². The molecule has 0 fully saturated rings. The molecule has 0 bridgehead atoms. The van der Waals surface area contributed by atoms with Gasteiger partial charge in [-0.15, -0.1) is 13.2 Å². The third kappa shape index (κ3) is 4.69. The van der Waals surface area contributed by atoms with Gasteiger partial charge in [0.1, 0.15) is 5.75 Å². The van der Waals surface area contributed by atoms with Crippen molar-refractivity contribution in [1.82, 2.24) is 0 Å². The average molecular weight is 219 g/mol. The lowest BCUT2D eigenvalue weighted by Gasteiger charge is -2.08. The molecule has 1 rings (SSSR count). The van der Waals surface area contributed by atoms with Crippen LogP contribution in [0.3, 0.4) is 0 Å². The number of rotatable bonds is 4. The first-order valence-electron chi connectivity index (χ1n) is 4.44. The van der Waals surface area contributed by atoms with Gasteiger partial charge in [0.25, 0.3) is 0 Å². The Labute approximate surface area is 85.3 Å². The number of alkyl halides is 3. The maximum absolute atomic E-state index is 11.8. The van der Waals surface area contributed by atoms with Gasteiger partial charge in [0.2, 0.25) is 0 Å². The van der Waals surface area contributed by atoms with E-state index in [9.17, 15) is 18.3 Å². The second kappa shape index (κ2) is 5.02. The Morgan fingerprint density at radius 3 is 2.20 bits per heavy atom. The highest BCUT2D eigenvalue weighted by Crippen LogP contribution is 2.22. The van der Waals surface area contributed by atoms with Gasteiger partial charge < -0.3 is 4.74 Å². The van der Waals surface area contributed by atoms with E-state index in [-0.39, 0.29) is 12.4 Å². The van der Waals surface area contributed by atoms with Gasteiger partial charge in [0.05, 0.1) is 6.61 Å². The molecule has 1 aromatic rings. The molecule has 0 aliphatic heterocycles. The molecule has 1 radical (unpaired) electrons. The minimum Gasteiger partial charge on any atom is -0.406 e. The van der Waals surface area contributed by atoms with Gasteiger partial charge in [-0.3, -0.25) is 0 Å². The first kappa shape index (κ1) is 11.8. The average Bonchev–Trinajstić information content (AvgIpc) is 2.14. The normalized spacial score (nSPS) is 11.5. The summed E-state index contributed by atoms with van der Waals surface area (Å²) < 4.78 is 39.0. The Hall–Kier alpha value is -1.23. The van der Waals surface area contributed by atoms with E-state index >= 15 is 0 Å². The summed E-state index contributed by atoms with van der Waals surface area (Å²) in [4.78, 5) is 0. The van der Waals surface area contributed by atoms with Gasteiger partial charge in [0, 0.05) is 0 Å². The molecule has 0 N–H and O–H groups in total. The summed E-state index contributed by atoms with van der Waals surface area (Å²) in [5.41, 5.74) is 0.834. The van der Waals surface area contributed by atoms with Gasteiger partial charge in [-0.05, 0) is 30.5 Å². The molecule has 0 aromatic heterocycles. The predicted molar refractivity (Wildman–Crippen MR) is 47.0 cm³/mol. The van der Waals surface area contributed by atoms with Crippen LogP contribution in [-0.2, 0) is 11.5 Å². The molecule has 5 heteroatoms. The van der Waals surface area contributed by atoms with E-state index in [1.807, 2.05) is 0 Å². The van der Waals surface area contributed by atoms with Crippen LogP contribution in [0.15, 0.2) is 24.3 Å². The van der Waals surface area contributed by atoms with E-state index in [0.29, 0.717) is 12.8 Å². The Kier molecular flexibility index (Phi) is 3.96. The number of hydrogen-bond acceptors (Lipinski definition) is 1. The molecule has 0 aliphatic rings. The van der Waals surface area contributed by atoms with Gasteiger partial charge >= 0.3 is 6.36 Å². The van der Waals surface area contributed by atoms with Crippen molar-refractivity contribution in [1.29, 1.82) is 0 Å². The molecule has 1 aromatic carbocycles. The molecule has 0 amide bonds. The van der Waals surface area contributed by atoms with Crippen LogP contribution in [-0.4, -0.2) is 13.0 Å². The second-order valence-corrected chi connectivity index (χ2v) is 3.00. The van der Waals surface area contributed by atoms with Crippen molar-refractivity contribution in [2.75, 3.05) is 6.61 Å². The first-order valence-corrected chi connectivity index (χ1v) is 4.44. The lowest BCUT2D eigenvalue weighted by Crippen LogP contribution is -2.17. The largest absolute Gasteiger partial charge is 0.573 e. The minimum atomic E-state index is -4.66. The quantitative estimate of drug-likeness (QED) is 0.765. The lowest BCUT2D eigenvalue weighted by atomic mass is 10.1. The SMILES string of the molecule is [O]CCCc1ccc(OC(F)(F)F)cc1. The van der Waals surface area contributed by atoms with Crippen molar-refractivity contribution in [2.24, 2.45) is 0 Å². The number of aryl methyl sites for hydroxylation is 1. The fraction of sp³-hybridized carbons (Fsp3) is 0.400. The predicted octanol–water partition coefficient (Wildman–Crippen LogP) is 2.95. The highest BCUT2D eigenvalue weighted by molar-refractivity contribution is 5.27. The van der Waals surface area contributed by atoms with Crippen LogP contribution in [0.1, 0.15) is 12.0 Å². The van der Waals surface area contributed by atoms with E-state index in [4.69, 9.17) is 0 Å². The summed E-state index contributed by atoms with van der Waals surface area (Å²) in [5, 5.41) is 10.2. The van der Waals surface area contributed by atoms with E-state index in [1.54, 1.807) is 0 Å². The maximum Gasteiger partial charge on any atom is 0.573 e. The smallest absolute Gasteiger partial charge is 0.406 e. The van der Waals surface area contributed by atoms with Gasteiger partial charge in [-0.2, -0.15) is 0 Å². The number of benzene rings is 1. The van der Waals surface area contributed by atoms with Gasteiger partial charge in [-0.25, -0.2) is 5.11 Å². The van der Waals surface area contributed by atoms with E-state index in [2.05, 4.69) is 4.74 Å². The first-order chi connectivity index (χ1) is 7.01. The van der Waals surface area contributed by atoms with E-state index < -0.39 is 6.36 Å². The summed E-state index contributed by atoms with van der Waals surface area (Å²) in [6, 6.07) is 5.54. The van der Waals surface area contributed by atoms with Crippen molar-refractivity contribution >= 4 is 0 Å². The lowest BCUT2D eigenvalue weighted by molar-refractivity contribution is -0.274. The van der Waals surface area contributed by atoms with E-state index in [0.717, 1.165) is 5.56 Å². The summed E-state index contributed by atoms with van der Waals surface area (Å²) in [6.07, 6.45) is -3.59. The molecule has 0 spiro atoms. The molecule has 2 nitrogen and oxygen atoms in total. The Balaban J connectivity index is 2.56. The fourth-order valence-electron chi connectivity index (χ4n) is 1.13. The highest BCUT2D eigenvalue weighted by atomic mass is 19.4. The van der Waals surface area contributed by atoms with Gasteiger partial charge in [0.15, 0.2) is 0 Å². The maximum atomic E-state index is 11.8. The molecular formula is C10H10F3O2. The number of ether oxygens (including phenoxy) is 1. The molecule has 83 valence electrons. The summed E-state index contributed by atoms with van der Waals surface area (Å²) >= 11 is 0. The van der Waals surface area contributed by atoms with Crippen LogP contribution in [0, 0.1) is 0 Å². The summed E-state index contributed by atoms with van der Waals surface area (Å²) in [6.45, 7) is -0.180. The fourth-order valence-corrected chi connectivity index (χ4v) is 1.13. The van der Waals surface area contributed by atoms with Crippen molar-refractivity contribution in [3.05, 3.63) is 29.8 Å². The van der Waals surface area contributed by atoms with Crippen LogP contribution >= 0.6 is 0 Å². The summed E-state index contributed by atoms with van der Waals surface area (Å²) in [5.74, 6) is -0.242. The van der Waals surface area contributed by atoms with Gasteiger partial charge in [-0.1, -0.05) is 12.1 Å². The third-order valence-corrected chi connectivity index (χ3v) is 1.77. The zero-order valence-electron chi connectivity index (χ0n) is 7.88. The molecule has 15 heavy (non-hydrogen) atoms. The summed E-state index contributed by atoms with van der Waals surface area (Å²) in [7, 11) is 0. The number of hydrogen-bond donors (Lipinski definition) is 0. The van der Waals surface area contributed by atoms with Crippen LogP contribution in [0.4, 0.5) is 13.2 Å². The Morgan fingerprint density at radius 1 is 1.13 bits per heavy atom. The Bertz CT molecular complexity index is 293. The van der Waals surface area contributed by atoms with Crippen molar-refractivity contribution in [2.45, 2.75) is 19.2 Å². The van der Waals surface area contributed by atoms with Crippen LogP contribution in [0.2, 0.25) is 0 Å². The third-order valence-electron chi connectivity index (χ3n) is 1.77. The molecule has 0 saturated heterocycles. The van der Waals surface area contributed by atoms with Crippen molar-refractivity contribution in [3.8, 4) is 5.75 Å². The highest BCUT2D eigenvalue weighted by Gasteiger charge is 2.30. The second-order valence-electron chi connectivity index (χ2n) is 3.00. The van der Waals surface area contributed by atoms with Crippen LogP contribution < -0.4 is 4.74 Å². The molecule has 0 atom stereocenters. The zero-order chi connectivity index (χ0) is 11.3. The topological polar surface area (TPSA) is 29.1 Å². The molecule has 0 saturated carbocycles. The van der Waals surface area contributed by atoms with Crippen molar-refractivity contribution < 1.29 is 23.0 Å².